The van der Waals surface area contributed by atoms with Gasteiger partial charge in [-0.3, -0.25) is 0 Å². The van der Waals surface area contributed by atoms with Crippen molar-refractivity contribution in [2.45, 2.75) is 90.9 Å². The highest BCUT2D eigenvalue weighted by molar-refractivity contribution is 5.38. The van der Waals surface area contributed by atoms with E-state index < -0.39 is 0 Å². The van der Waals surface area contributed by atoms with Gasteiger partial charge in [-0.2, -0.15) is 0 Å². The van der Waals surface area contributed by atoms with Crippen LogP contribution in [-0.4, -0.2) is 14.2 Å². The average Bonchev–Trinajstić information content (AvgIpc) is 2.84. The molecule has 0 saturated heterocycles. The SMILES string of the molecule is COc1ccc(C2CCC(C(C)(C)C3CCC(c4ccc(OC)c(C)c4)CC3)CC2)cc1C. The normalized spacial score (nSPS) is 26.1. The number of rotatable bonds is 6. The van der Waals surface area contributed by atoms with Gasteiger partial charge in [0.05, 0.1) is 14.2 Å². The van der Waals surface area contributed by atoms with Gasteiger partial charge >= 0.3 is 0 Å². The predicted molar refractivity (Wildman–Crippen MR) is 139 cm³/mol. The highest BCUT2D eigenvalue weighted by Crippen LogP contribution is 2.52. The molecule has 180 valence electrons. The molecular weight excluding hydrogens is 404 g/mol. The lowest BCUT2D eigenvalue weighted by Gasteiger charge is -2.47. The van der Waals surface area contributed by atoms with E-state index in [9.17, 15) is 0 Å². The number of hydrogen-bond acceptors (Lipinski definition) is 2. The summed E-state index contributed by atoms with van der Waals surface area (Å²) >= 11 is 0. The number of benzene rings is 2. The summed E-state index contributed by atoms with van der Waals surface area (Å²) in [4.78, 5) is 0. The second-order valence-corrected chi connectivity index (χ2v) is 11.4. The Morgan fingerprint density at radius 3 is 1.27 bits per heavy atom. The molecule has 2 aromatic carbocycles. The smallest absolute Gasteiger partial charge is 0.121 e. The number of aryl methyl sites for hydroxylation is 2. The van der Waals surface area contributed by atoms with Crippen molar-refractivity contribution < 1.29 is 9.47 Å². The Kier molecular flexibility index (Phi) is 7.41. The fourth-order valence-corrected chi connectivity index (χ4v) is 6.99. The molecule has 2 aliphatic rings. The molecule has 0 radical (unpaired) electrons. The summed E-state index contributed by atoms with van der Waals surface area (Å²) in [6, 6.07) is 13.6. The third-order valence-corrected chi connectivity index (χ3v) is 9.34. The van der Waals surface area contributed by atoms with E-state index >= 15 is 0 Å². The molecule has 4 rings (SSSR count). The van der Waals surface area contributed by atoms with Crippen LogP contribution in [0.25, 0.3) is 0 Å². The van der Waals surface area contributed by atoms with Crippen molar-refractivity contribution in [1.29, 1.82) is 0 Å². The van der Waals surface area contributed by atoms with Crippen LogP contribution in [0.3, 0.4) is 0 Å². The first-order valence-corrected chi connectivity index (χ1v) is 13.1. The summed E-state index contributed by atoms with van der Waals surface area (Å²) in [7, 11) is 3.53. The van der Waals surface area contributed by atoms with Gasteiger partial charge in [-0.05, 0) is 129 Å². The molecule has 0 heterocycles. The van der Waals surface area contributed by atoms with Gasteiger partial charge in [0.25, 0.3) is 0 Å². The Hall–Kier alpha value is -1.96. The van der Waals surface area contributed by atoms with Crippen LogP contribution < -0.4 is 9.47 Å². The van der Waals surface area contributed by atoms with Crippen LogP contribution in [0.5, 0.6) is 11.5 Å². The molecule has 0 unspecified atom stereocenters. The van der Waals surface area contributed by atoms with Gasteiger partial charge in [0.2, 0.25) is 0 Å². The molecule has 0 bridgehead atoms. The van der Waals surface area contributed by atoms with Crippen LogP contribution in [0.15, 0.2) is 36.4 Å². The Balaban J connectivity index is 1.33. The van der Waals surface area contributed by atoms with Crippen molar-refractivity contribution in [3.8, 4) is 11.5 Å². The molecule has 0 spiro atoms. The van der Waals surface area contributed by atoms with Crippen LogP contribution in [-0.2, 0) is 0 Å². The lowest BCUT2D eigenvalue weighted by Crippen LogP contribution is -2.36. The lowest BCUT2D eigenvalue weighted by atomic mass is 9.58. The quantitative estimate of drug-likeness (QED) is 0.440. The van der Waals surface area contributed by atoms with E-state index in [0.29, 0.717) is 5.41 Å². The zero-order chi connectivity index (χ0) is 23.6. The Labute approximate surface area is 202 Å². The maximum Gasteiger partial charge on any atom is 0.121 e. The maximum absolute atomic E-state index is 5.46. The summed E-state index contributed by atoms with van der Waals surface area (Å²) < 4.78 is 10.9. The summed E-state index contributed by atoms with van der Waals surface area (Å²) in [6.45, 7) is 9.50. The van der Waals surface area contributed by atoms with Crippen LogP contribution in [0.4, 0.5) is 0 Å². The molecule has 2 aliphatic carbocycles. The molecule has 2 heteroatoms. The number of ether oxygens (including phenoxy) is 2. The van der Waals surface area contributed by atoms with Gasteiger partial charge in [-0.15, -0.1) is 0 Å². The van der Waals surface area contributed by atoms with Gasteiger partial charge in [0.15, 0.2) is 0 Å². The summed E-state index contributed by atoms with van der Waals surface area (Å²) in [5.74, 6) is 5.17. The lowest BCUT2D eigenvalue weighted by molar-refractivity contribution is 0.0513. The first-order chi connectivity index (χ1) is 15.8. The van der Waals surface area contributed by atoms with E-state index in [4.69, 9.17) is 9.47 Å². The van der Waals surface area contributed by atoms with Crippen molar-refractivity contribution >= 4 is 0 Å². The molecule has 0 atom stereocenters. The zero-order valence-electron chi connectivity index (χ0n) is 21.7. The van der Waals surface area contributed by atoms with E-state index in [1.807, 2.05) is 0 Å². The molecule has 0 aromatic heterocycles. The van der Waals surface area contributed by atoms with E-state index in [0.717, 1.165) is 35.2 Å². The molecule has 2 nitrogen and oxygen atoms in total. The largest absolute Gasteiger partial charge is 0.496 e. The molecule has 0 N–H and O–H groups in total. The summed E-state index contributed by atoms with van der Waals surface area (Å²) in [6.07, 6.45) is 10.8. The average molecular weight is 449 g/mol. The molecular formula is C31H44O2. The maximum atomic E-state index is 5.46. The van der Waals surface area contributed by atoms with Crippen LogP contribution in [0.2, 0.25) is 0 Å². The van der Waals surface area contributed by atoms with Crippen molar-refractivity contribution in [3.05, 3.63) is 58.7 Å². The minimum atomic E-state index is 0.446. The van der Waals surface area contributed by atoms with E-state index in [-0.39, 0.29) is 0 Å². The van der Waals surface area contributed by atoms with Crippen molar-refractivity contribution in [2.24, 2.45) is 17.3 Å². The molecule has 2 saturated carbocycles. The Bertz CT molecular complexity index is 852. The van der Waals surface area contributed by atoms with Gasteiger partial charge in [-0.1, -0.05) is 38.1 Å². The molecule has 33 heavy (non-hydrogen) atoms. The summed E-state index contributed by atoms with van der Waals surface area (Å²) in [5, 5.41) is 0. The second-order valence-electron chi connectivity index (χ2n) is 11.4. The van der Waals surface area contributed by atoms with Crippen LogP contribution >= 0.6 is 0 Å². The third-order valence-electron chi connectivity index (χ3n) is 9.34. The highest BCUT2D eigenvalue weighted by Gasteiger charge is 2.40. The fraction of sp³-hybridized carbons (Fsp3) is 0.613. The molecule has 0 amide bonds. The Morgan fingerprint density at radius 1 is 0.606 bits per heavy atom. The van der Waals surface area contributed by atoms with Gasteiger partial charge in [0.1, 0.15) is 11.5 Å². The van der Waals surface area contributed by atoms with Crippen LogP contribution in [0.1, 0.15) is 99.3 Å². The minimum Gasteiger partial charge on any atom is -0.496 e. The molecule has 2 fully saturated rings. The van der Waals surface area contributed by atoms with E-state index in [1.54, 1.807) is 14.2 Å². The minimum absolute atomic E-state index is 0.446. The first-order valence-electron chi connectivity index (χ1n) is 13.1. The van der Waals surface area contributed by atoms with Gasteiger partial charge in [-0.25, -0.2) is 0 Å². The van der Waals surface area contributed by atoms with Crippen molar-refractivity contribution in [2.75, 3.05) is 14.2 Å². The topological polar surface area (TPSA) is 18.5 Å². The Morgan fingerprint density at radius 2 is 0.970 bits per heavy atom. The highest BCUT2D eigenvalue weighted by atomic mass is 16.5. The van der Waals surface area contributed by atoms with Gasteiger partial charge in [0, 0.05) is 0 Å². The first kappa shape index (κ1) is 24.2. The third kappa shape index (κ3) is 5.10. The predicted octanol–water partition coefficient (Wildman–Crippen LogP) is 8.59. The zero-order valence-corrected chi connectivity index (χ0v) is 21.7. The second kappa shape index (κ2) is 10.1. The summed E-state index contributed by atoms with van der Waals surface area (Å²) in [5.41, 5.74) is 6.00. The number of methoxy groups -OCH3 is 2. The molecule has 2 aromatic rings. The van der Waals surface area contributed by atoms with E-state index in [1.165, 1.54) is 73.6 Å². The monoisotopic (exact) mass is 448 g/mol. The fourth-order valence-electron chi connectivity index (χ4n) is 6.99. The van der Waals surface area contributed by atoms with Gasteiger partial charge < -0.3 is 9.47 Å². The van der Waals surface area contributed by atoms with Crippen molar-refractivity contribution in [1.82, 2.24) is 0 Å². The molecule has 0 aliphatic heterocycles. The van der Waals surface area contributed by atoms with E-state index in [2.05, 4.69) is 64.1 Å². The van der Waals surface area contributed by atoms with Crippen molar-refractivity contribution in [3.63, 3.8) is 0 Å². The standard InChI is InChI=1S/C31H44O2/c1-21-19-25(11-17-29(21)32-5)23-7-13-27(14-8-23)31(3,4)28-15-9-24(10-16-28)26-12-18-30(33-6)22(2)20-26/h11-12,17-20,23-24,27-28H,7-10,13-16H2,1-6H3. The number of hydrogen-bond donors (Lipinski definition) is 0. The van der Waals surface area contributed by atoms with Crippen LogP contribution in [0, 0.1) is 31.1 Å².